The van der Waals surface area contributed by atoms with Gasteiger partial charge in [0.1, 0.15) is 15.8 Å². The molecule has 0 aliphatic heterocycles. The van der Waals surface area contributed by atoms with Gasteiger partial charge in [0.25, 0.3) is 0 Å². The molecule has 0 aromatic heterocycles. The molecule has 0 heterocycles. The molecule has 3 N–H and O–H groups in total. The van der Waals surface area contributed by atoms with Gasteiger partial charge >= 0.3 is 59.1 Å². The minimum Gasteiger partial charge on any atom is -0.744 e. The fourth-order valence-electron chi connectivity index (χ4n) is 2.59. The number of rotatable bonds is 5. The Balaban J connectivity index is 0.00000150. The zero-order valence-electron chi connectivity index (χ0n) is 18.5. The van der Waals surface area contributed by atoms with E-state index < -0.39 is 35.2 Å². The van der Waals surface area contributed by atoms with Gasteiger partial charge in [-0.2, -0.15) is 5.11 Å². The summed E-state index contributed by atoms with van der Waals surface area (Å²) < 4.78 is 91.2. The normalized spacial score (nSPS) is 11.8. The van der Waals surface area contributed by atoms with E-state index in [1.807, 2.05) is 0 Å². The first-order valence-corrected chi connectivity index (χ1v) is 13.1. The fraction of sp³-hybridized carbons (Fsp3) is 0.0556. The van der Waals surface area contributed by atoms with E-state index in [1.165, 1.54) is 30.3 Å². The Kier molecular flexibility index (Phi) is 13.2. The summed E-state index contributed by atoms with van der Waals surface area (Å²) in [7, 11) is -13.1. The molecule has 12 nitrogen and oxygen atoms in total. The summed E-state index contributed by atoms with van der Waals surface area (Å²) in [4.78, 5) is -0.338. The number of hydrogen-bond acceptors (Lipinski definition) is 11. The third kappa shape index (κ3) is 10.1. The number of sulfone groups is 1. The van der Waals surface area contributed by atoms with Crippen LogP contribution in [0.1, 0.15) is 0 Å². The monoisotopic (exact) mass is 560 g/mol. The summed E-state index contributed by atoms with van der Waals surface area (Å²) in [6.45, 7) is 3.38. The van der Waals surface area contributed by atoms with Crippen molar-refractivity contribution in [1.82, 2.24) is 0 Å². The van der Waals surface area contributed by atoms with Crippen molar-refractivity contribution < 1.29 is 98.0 Å². The van der Waals surface area contributed by atoms with Crippen LogP contribution in [0.15, 0.2) is 74.6 Å². The molecule has 0 spiro atoms. The van der Waals surface area contributed by atoms with Crippen molar-refractivity contribution in [3.63, 3.8) is 0 Å². The second kappa shape index (κ2) is 13.6. The van der Waals surface area contributed by atoms with E-state index in [9.17, 15) is 21.4 Å². The SMILES string of the molecule is O=S(=O)([O-])O.[CH2-]CS(=O)(=O)c1ccc(N=Nc2cc(S(=O)(=O)[O-])c3ccccc3c2N)cc1.[Na+].[Na+]. The number of nitrogen functional groups attached to an aromatic ring is 1. The second-order valence-corrected chi connectivity index (χ2v) is 10.6. The molecule has 0 radical (unpaired) electrons. The van der Waals surface area contributed by atoms with Gasteiger partial charge in [0, 0.05) is 10.8 Å². The molecule has 0 amide bonds. The molecule has 0 fully saturated rings. The third-order valence-corrected chi connectivity index (χ3v) is 6.44. The van der Waals surface area contributed by atoms with E-state index in [2.05, 4.69) is 17.2 Å². The van der Waals surface area contributed by atoms with Gasteiger partial charge < -0.3 is 21.8 Å². The van der Waals surface area contributed by atoms with Crippen molar-refractivity contribution in [2.24, 2.45) is 10.2 Å². The summed E-state index contributed by atoms with van der Waals surface area (Å²) in [6, 6.07) is 13.0. The number of anilines is 1. The minimum absolute atomic E-state index is 0. The number of nitrogens with zero attached hydrogens (tertiary/aromatic N) is 2. The van der Waals surface area contributed by atoms with Crippen molar-refractivity contribution in [3.8, 4) is 0 Å². The maximum Gasteiger partial charge on any atom is 1.00 e. The van der Waals surface area contributed by atoms with Crippen LogP contribution in [0.3, 0.4) is 0 Å². The van der Waals surface area contributed by atoms with Crippen LogP contribution in [-0.2, 0) is 30.4 Å². The van der Waals surface area contributed by atoms with Crippen LogP contribution in [0.25, 0.3) is 10.8 Å². The molecule has 0 aliphatic rings. The summed E-state index contributed by atoms with van der Waals surface area (Å²) in [6.07, 6.45) is 0. The summed E-state index contributed by atoms with van der Waals surface area (Å²) in [5.74, 6) is -0.270. The number of azo groups is 1. The van der Waals surface area contributed by atoms with Gasteiger partial charge in [0.2, 0.25) is 10.4 Å². The molecule has 0 saturated carbocycles. The second-order valence-electron chi connectivity index (χ2n) is 6.25. The molecule has 3 rings (SSSR count). The maximum absolute atomic E-state index is 11.8. The number of nitrogens with two attached hydrogens (primary N) is 1. The summed E-state index contributed by atoms with van der Waals surface area (Å²) in [5, 5.41) is 8.47. The van der Waals surface area contributed by atoms with E-state index in [0.717, 1.165) is 6.07 Å². The van der Waals surface area contributed by atoms with E-state index in [4.69, 9.17) is 23.3 Å². The molecule has 0 aliphatic carbocycles. The summed E-state index contributed by atoms with van der Waals surface area (Å²) in [5.41, 5.74) is 6.56. The van der Waals surface area contributed by atoms with E-state index in [1.54, 1.807) is 18.2 Å². The van der Waals surface area contributed by atoms with Crippen LogP contribution in [0.2, 0.25) is 0 Å². The smallest absolute Gasteiger partial charge is 0.744 e. The average molecular weight is 561 g/mol. The Morgan fingerprint density at radius 1 is 0.857 bits per heavy atom. The van der Waals surface area contributed by atoms with Gasteiger partial charge in [-0.1, -0.05) is 30.0 Å². The van der Waals surface area contributed by atoms with Crippen LogP contribution < -0.4 is 64.8 Å². The topological polar surface area (TPSA) is 220 Å². The van der Waals surface area contributed by atoms with Crippen molar-refractivity contribution in [3.05, 3.63) is 61.5 Å². The third-order valence-electron chi connectivity index (χ3n) is 4.03. The molecular formula is C18H16N3Na2O9S3-. The summed E-state index contributed by atoms with van der Waals surface area (Å²) >= 11 is 0. The van der Waals surface area contributed by atoms with Gasteiger partial charge in [0.15, 0.2) is 9.84 Å². The van der Waals surface area contributed by atoms with Crippen LogP contribution in [0.4, 0.5) is 17.1 Å². The molecule has 0 atom stereocenters. The van der Waals surface area contributed by atoms with E-state index in [0.29, 0.717) is 11.1 Å². The van der Waals surface area contributed by atoms with Crippen LogP contribution in [0, 0.1) is 6.92 Å². The van der Waals surface area contributed by atoms with Gasteiger partial charge in [0.05, 0.1) is 21.2 Å². The van der Waals surface area contributed by atoms with E-state index >= 15 is 0 Å². The Hall–Kier alpha value is -0.950. The number of benzene rings is 3. The quantitative estimate of drug-likeness (QED) is 0.0778. The predicted octanol–water partition coefficient (Wildman–Crippen LogP) is -3.64. The van der Waals surface area contributed by atoms with Crippen LogP contribution in [0.5, 0.6) is 0 Å². The first-order valence-electron chi connectivity index (χ1n) is 8.62. The van der Waals surface area contributed by atoms with Gasteiger partial charge in [-0.05, 0) is 30.3 Å². The molecule has 3 aromatic rings. The molecule has 3 aromatic carbocycles. The van der Waals surface area contributed by atoms with Crippen molar-refractivity contribution >= 4 is 58.2 Å². The minimum atomic E-state index is -4.92. The molecule has 178 valence electrons. The van der Waals surface area contributed by atoms with Crippen molar-refractivity contribution in [2.45, 2.75) is 9.79 Å². The zero-order chi connectivity index (χ0) is 25.0. The van der Waals surface area contributed by atoms with E-state index in [-0.39, 0.29) is 86.5 Å². The molecular weight excluding hydrogens is 544 g/mol. The molecule has 0 bridgehead atoms. The Morgan fingerprint density at radius 2 is 1.34 bits per heavy atom. The van der Waals surface area contributed by atoms with Gasteiger partial charge in [-0.25, -0.2) is 25.3 Å². The number of fused-ring (bicyclic) bond motifs is 1. The first kappa shape index (κ1) is 34.1. The Morgan fingerprint density at radius 3 is 1.80 bits per heavy atom. The Bertz CT molecular complexity index is 1520. The van der Waals surface area contributed by atoms with Gasteiger partial charge in [-0.15, -0.1) is 5.11 Å². The standard InChI is InChI=1S/C18H16N3O5S2.2Na.H2O4S/c1-2-27(22,23)13-9-7-12(8-10-13)20-21-16-11-17(28(24,25)26)14-5-3-4-6-15(14)18(16)19;;;1-5(2,3)4/h3-11H,1-2,19H2,(H,24,25,26);;;(H2,1,2,3,4)/q-1;2*+1;/p-2. The largest absolute Gasteiger partial charge is 1.00 e. The van der Waals surface area contributed by atoms with Crippen molar-refractivity contribution in [2.75, 3.05) is 11.5 Å². The first-order chi connectivity index (χ1) is 15.1. The van der Waals surface area contributed by atoms with Gasteiger partial charge in [-0.3, -0.25) is 4.55 Å². The molecule has 17 heteroatoms. The predicted molar refractivity (Wildman–Crippen MR) is 117 cm³/mol. The fourth-order valence-corrected chi connectivity index (χ4v) is 4.08. The molecule has 35 heavy (non-hydrogen) atoms. The molecule has 0 saturated heterocycles. The zero-order valence-corrected chi connectivity index (χ0v) is 25.0. The average Bonchev–Trinajstić information content (AvgIpc) is 2.71. The molecule has 0 unspecified atom stereocenters. The van der Waals surface area contributed by atoms with Crippen LogP contribution in [-0.4, -0.2) is 44.7 Å². The van der Waals surface area contributed by atoms with Crippen molar-refractivity contribution in [1.29, 1.82) is 0 Å². The number of hydrogen-bond donors (Lipinski definition) is 2. The maximum atomic E-state index is 11.8. The Labute approximate surface area is 246 Å². The van der Waals surface area contributed by atoms with Crippen LogP contribution >= 0.6 is 0 Å².